The van der Waals surface area contributed by atoms with Crippen LogP contribution in [-0.4, -0.2) is 26.1 Å². The molecule has 1 amide bonds. The first kappa shape index (κ1) is 23.3. The number of carbonyl (C=O) groups is 1. The number of carbonyl (C=O) groups excluding carboxylic acids is 1. The molecule has 0 atom stereocenters. The second-order valence-corrected chi connectivity index (χ2v) is 8.92. The van der Waals surface area contributed by atoms with Gasteiger partial charge in [0.05, 0.1) is 17.4 Å². The van der Waals surface area contributed by atoms with Crippen molar-refractivity contribution in [2.75, 3.05) is 0 Å². The third-order valence-corrected chi connectivity index (χ3v) is 5.90. The second-order valence-electron chi connectivity index (χ2n) is 7.27. The fraction of sp³-hybridized carbons (Fsp3) is 0.217. The lowest BCUT2D eigenvalue weighted by Gasteiger charge is -2.17. The van der Waals surface area contributed by atoms with Crippen LogP contribution in [0.25, 0.3) is 0 Å². The van der Waals surface area contributed by atoms with Gasteiger partial charge in [-0.15, -0.1) is 0 Å². The molecule has 2 aromatic carbocycles. The molecule has 1 aliphatic heterocycles. The zero-order valence-electron chi connectivity index (χ0n) is 17.7. The zero-order valence-corrected chi connectivity index (χ0v) is 18.5. The van der Waals surface area contributed by atoms with Crippen LogP contribution in [0, 0.1) is 11.6 Å². The highest BCUT2D eigenvalue weighted by molar-refractivity contribution is 7.90. The van der Waals surface area contributed by atoms with Gasteiger partial charge in [-0.1, -0.05) is 24.3 Å². The Hall–Kier alpha value is -3.33. The maximum absolute atomic E-state index is 14.3. The first-order valence-electron chi connectivity index (χ1n) is 9.84. The standard InChI is InChI=1S/C23H22F2N2O4S/c1-4-15-12-18(22-16(24)8-7-9-17(22)25)26-19(13-15)23(28)27-32(29,30)21-11-6-5-10-20(21)31-14(2)3/h4-11,13-14H,12H2,1-3H3,(H,27,28)/b15-4-. The van der Waals surface area contributed by atoms with Gasteiger partial charge in [0.1, 0.15) is 28.0 Å². The molecule has 0 fully saturated rings. The number of nitrogens with zero attached hydrogens (tertiary/aromatic N) is 1. The molecule has 6 nitrogen and oxygen atoms in total. The molecule has 0 aromatic heterocycles. The molecule has 1 aliphatic rings. The summed E-state index contributed by atoms with van der Waals surface area (Å²) in [4.78, 5) is 16.7. The molecule has 9 heteroatoms. The Bertz CT molecular complexity index is 1230. The van der Waals surface area contributed by atoms with E-state index < -0.39 is 27.6 Å². The van der Waals surface area contributed by atoms with Crippen LogP contribution in [-0.2, 0) is 14.8 Å². The van der Waals surface area contributed by atoms with Crippen molar-refractivity contribution in [2.45, 2.75) is 38.2 Å². The first-order chi connectivity index (χ1) is 15.1. The van der Waals surface area contributed by atoms with E-state index in [4.69, 9.17) is 4.74 Å². The fourth-order valence-corrected chi connectivity index (χ4v) is 4.21. The SMILES string of the molecule is C/C=C1\C=C(C(=O)NS(=O)(=O)c2ccccc2OC(C)C)N=C(c2c(F)cccc2F)C1. The van der Waals surface area contributed by atoms with Crippen molar-refractivity contribution in [3.8, 4) is 5.75 Å². The van der Waals surface area contributed by atoms with E-state index in [2.05, 4.69) is 4.99 Å². The van der Waals surface area contributed by atoms with Gasteiger partial charge in [-0.25, -0.2) is 26.9 Å². The maximum atomic E-state index is 14.3. The van der Waals surface area contributed by atoms with Crippen LogP contribution < -0.4 is 9.46 Å². The van der Waals surface area contributed by atoms with Crippen LogP contribution in [0.15, 0.2) is 75.8 Å². The first-order valence-corrected chi connectivity index (χ1v) is 11.3. The molecule has 2 aromatic rings. The summed E-state index contributed by atoms with van der Waals surface area (Å²) in [5.41, 5.74) is -0.0948. The lowest BCUT2D eigenvalue weighted by molar-refractivity contribution is -0.115. The maximum Gasteiger partial charge on any atom is 0.283 e. The summed E-state index contributed by atoms with van der Waals surface area (Å²) >= 11 is 0. The predicted octanol–water partition coefficient (Wildman–Crippen LogP) is 4.28. The van der Waals surface area contributed by atoms with Crippen LogP contribution in [0.3, 0.4) is 0 Å². The summed E-state index contributed by atoms with van der Waals surface area (Å²) in [6.07, 6.45) is 2.83. The fourth-order valence-electron chi connectivity index (χ4n) is 3.11. The molecule has 0 unspecified atom stereocenters. The number of rotatable bonds is 6. The van der Waals surface area contributed by atoms with E-state index in [-0.39, 0.29) is 40.1 Å². The monoisotopic (exact) mass is 460 g/mol. The van der Waals surface area contributed by atoms with E-state index >= 15 is 0 Å². The number of allylic oxidation sites excluding steroid dienone is 3. The van der Waals surface area contributed by atoms with Gasteiger partial charge in [-0.3, -0.25) is 4.79 Å². The summed E-state index contributed by atoms with van der Waals surface area (Å²) in [6.45, 7) is 5.18. The van der Waals surface area contributed by atoms with Crippen LogP contribution >= 0.6 is 0 Å². The highest BCUT2D eigenvalue weighted by Crippen LogP contribution is 2.27. The number of benzene rings is 2. The molecule has 1 heterocycles. The van der Waals surface area contributed by atoms with Gasteiger partial charge in [0.15, 0.2) is 0 Å². The Morgan fingerprint density at radius 3 is 2.41 bits per heavy atom. The van der Waals surface area contributed by atoms with Crippen LogP contribution in [0.2, 0.25) is 0 Å². The molecule has 0 radical (unpaired) electrons. The Balaban J connectivity index is 1.96. The average Bonchev–Trinajstić information content (AvgIpc) is 2.73. The number of ether oxygens (including phenoxy) is 1. The van der Waals surface area contributed by atoms with Gasteiger partial charge in [0.25, 0.3) is 15.9 Å². The van der Waals surface area contributed by atoms with Crippen molar-refractivity contribution in [3.63, 3.8) is 0 Å². The van der Waals surface area contributed by atoms with Gasteiger partial charge in [0.2, 0.25) is 0 Å². The molecule has 0 bridgehead atoms. The Morgan fingerprint density at radius 1 is 1.12 bits per heavy atom. The van der Waals surface area contributed by atoms with E-state index in [1.807, 2.05) is 4.72 Å². The van der Waals surface area contributed by atoms with Crippen molar-refractivity contribution in [3.05, 3.63) is 83.1 Å². The van der Waals surface area contributed by atoms with Crippen molar-refractivity contribution in [2.24, 2.45) is 4.99 Å². The van der Waals surface area contributed by atoms with Gasteiger partial charge >= 0.3 is 0 Å². The molecule has 0 saturated carbocycles. The second kappa shape index (κ2) is 9.44. The van der Waals surface area contributed by atoms with Crippen molar-refractivity contribution >= 4 is 21.6 Å². The highest BCUT2D eigenvalue weighted by atomic mass is 32.2. The Labute approximate surface area is 185 Å². The molecule has 0 saturated heterocycles. The predicted molar refractivity (Wildman–Crippen MR) is 117 cm³/mol. The third kappa shape index (κ3) is 5.11. The van der Waals surface area contributed by atoms with Gasteiger partial charge < -0.3 is 4.74 Å². The normalized spacial score (nSPS) is 15.4. The Kier molecular flexibility index (Phi) is 6.88. The molecule has 1 N–H and O–H groups in total. The van der Waals surface area contributed by atoms with Crippen LogP contribution in [0.4, 0.5) is 8.78 Å². The molecular weight excluding hydrogens is 438 g/mol. The third-order valence-electron chi connectivity index (χ3n) is 4.53. The number of aliphatic imine (C=N–C) groups is 1. The molecule has 168 valence electrons. The molecule has 3 rings (SSSR count). The molecule has 0 aliphatic carbocycles. The van der Waals surface area contributed by atoms with Crippen molar-refractivity contribution in [1.82, 2.24) is 4.72 Å². The van der Waals surface area contributed by atoms with E-state index in [0.717, 1.165) is 12.1 Å². The van der Waals surface area contributed by atoms with Crippen LogP contribution in [0.1, 0.15) is 32.8 Å². The summed E-state index contributed by atoms with van der Waals surface area (Å²) < 4.78 is 61.8. The minimum absolute atomic E-state index is 0.0118. The lowest BCUT2D eigenvalue weighted by Crippen LogP contribution is -2.32. The van der Waals surface area contributed by atoms with Crippen LogP contribution in [0.5, 0.6) is 5.75 Å². The summed E-state index contributed by atoms with van der Waals surface area (Å²) in [6, 6.07) is 9.30. The zero-order chi connectivity index (χ0) is 23.5. The number of halogens is 2. The summed E-state index contributed by atoms with van der Waals surface area (Å²) in [5, 5.41) is 0. The van der Waals surface area contributed by atoms with E-state index in [1.165, 1.54) is 30.3 Å². The van der Waals surface area contributed by atoms with Gasteiger partial charge in [0, 0.05) is 6.42 Å². The molecule has 0 spiro atoms. The number of para-hydroxylation sites is 1. The number of nitrogens with one attached hydrogen (secondary N) is 1. The molecule has 32 heavy (non-hydrogen) atoms. The van der Waals surface area contributed by atoms with E-state index in [1.54, 1.807) is 32.9 Å². The minimum atomic E-state index is -4.31. The average molecular weight is 461 g/mol. The van der Waals surface area contributed by atoms with Gasteiger partial charge in [-0.05, 0) is 56.7 Å². The topological polar surface area (TPSA) is 84.8 Å². The minimum Gasteiger partial charge on any atom is -0.490 e. The van der Waals surface area contributed by atoms with E-state index in [0.29, 0.717) is 5.57 Å². The highest BCUT2D eigenvalue weighted by Gasteiger charge is 2.27. The molecular formula is C23H22F2N2O4S. The number of hydrogen-bond donors (Lipinski definition) is 1. The van der Waals surface area contributed by atoms with E-state index in [9.17, 15) is 22.0 Å². The van der Waals surface area contributed by atoms with Crippen molar-refractivity contribution in [1.29, 1.82) is 0 Å². The quantitative estimate of drug-likeness (QED) is 0.697. The van der Waals surface area contributed by atoms with Gasteiger partial charge in [-0.2, -0.15) is 0 Å². The summed E-state index contributed by atoms with van der Waals surface area (Å²) in [5.74, 6) is -2.59. The largest absolute Gasteiger partial charge is 0.490 e. The Morgan fingerprint density at radius 2 is 1.78 bits per heavy atom. The number of amides is 1. The summed E-state index contributed by atoms with van der Waals surface area (Å²) in [7, 11) is -4.31. The number of hydrogen-bond acceptors (Lipinski definition) is 5. The lowest BCUT2D eigenvalue weighted by atomic mass is 9.97. The smallest absolute Gasteiger partial charge is 0.283 e. The van der Waals surface area contributed by atoms with Crippen molar-refractivity contribution < 1.29 is 26.7 Å². The number of sulfonamides is 1.